The molecule has 2 aromatic rings. The number of ketones is 1. The third-order valence-electron chi connectivity index (χ3n) is 3.27. The summed E-state index contributed by atoms with van der Waals surface area (Å²) >= 11 is 0. The van der Waals surface area contributed by atoms with E-state index < -0.39 is 0 Å². The SMILES string of the molecule is CCc1ccc(C(=O)c2ccc(N(C)C)cc2)cc1. The number of carbonyl (C=O) groups excluding carboxylic acids is 1. The third kappa shape index (κ3) is 3.02. The molecule has 0 bridgehead atoms. The lowest BCUT2D eigenvalue weighted by Crippen LogP contribution is -2.09. The Morgan fingerprint density at radius 1 is 0.895 bits per heavy atom. The molecule has 0 fully saturated rings. The van der Waals surface area contributed by atoms with Gasteiger partial charge in [0.05, 0.1) is 0 Å². The predicted octanol–water partition coefficient (Wildman–Crippen LogP) is 3.55. The Balaban J connectivity index is 2.22. The van der Waals surface area contributed by atoms with E-state index in [-0.39, 0.29) is 5.78 Å². The first-order valence-corrected chi connectivity index (χ1v) is 6.53. The molecule has 0 saturated heterocycles. The number of benzene rings is 2. The van der Waals surface area contributed by atoms with Crippen molar-refractivity contribution in [2.24, 2.45) is 0 Å². The molecule has 0 atom stereocenters. The zero-order chi connectivity index (χ0) is 13.8. The van der Waals surface area contributed by atoms with Crippen LogP contribution in [0, 0.1) is 0 Å². The Hall–Kier alpha value is -2.09. The van der Waals surface area contributed by atoms with Gasteiger partial charge in [0, 0.05) is 30.9 Å². The molecule has 0 aliphatic rings. The third-order valence-corrected chi connectivity index (χ3v) is 3.27. The van der Waals surface area contributed by atoms with Gasteiger partial charge < -0.3 is 4.90 Å². The molecule has 0 radical (unpaired) electrons. The molecule has 0 aromatic heterocycles. The molecule has 0 spiro atoms. The number of rotatable bonds is 4. The van der Waals surface area contributed by atoms with E-state index in [2.05, 4.69) is 6.92 Å². The fourth-order valence-corrected chi connectivity index (χ4v) is 1.97. The second-order valence-electron chi connectivity index (χ2n) is 4.82. The quantitative estimate of drug-likeness (QED) is 0.777. The largest absolute Gasteiger partial charge is 0.378 e. The maximum atomic E-state index is 12.3. The topological polar surface area (TPSA) is 20.3 Å². The fraction of sp³-hybridized carbons (Fsp3) is 0.235. The maximum absolute atomic E-state index is 12.3. The van der Waals surface area contributed by atoms with Crippen LogP contribution in [0.4, 0.5) is 5.69 Å². The van der Waals surface area contributed by atoms with E-state index in [4.69, 9.17) is 0 Å². The highest BCUT2D eigenvalue weighted by molar-refractivity contribution is 6.09. The number of anilines is 1. The lowest BCUT2D eigenvalue weighted by atomic mass is 10.0. The Labute approximate surface area is 114 Å². The highest BCUT2D eigenvalue weighted by Gasteiger charge is 2.08. The van der Waals surface area contributed by atoms with Crippen LogP contribution in [0.25, 0.3) is 0 Å². The summed E-state index contributed by atoms with van der Waals surface area (Å²) in [6.45, 7) is 2.11. The summed E-state index contributed by atoms with van der Waals surface area (Å²) in [5, 5.41) is 0. The monoisotopic (exact) mass is 253 g/mol. The number of hydrogen-bond donors (Lipinski definition) is 0. The van der Waals surface area contributed by atoms with Crippen LogP contribution in [0.1, 0.15) is 28.4 Å². The van der Waals surface area contributed by atoms with Crippen molar-refractivity contribution in [2.45, 2.75) is 13.3 Å². The Morgan fingerprint density at radius 3 is 1.79 bits per heavy atom. The summed E-state index contributed by atoms with van der Waals surface area (Å²) in [5.74, 6) is 0.0768. The van der Waals surface area contributed by atoms with Crippen molar-refractivity contribution in [3.63, 3.8) is 0 Å². The predicted molar refractivity (Wildman–Crippen MR) is 80.0 cm³/mol. The minimum atomic E-state index is 0.0768. The summed E-state index contributed by atoms with van der Waals surface area (Å²) in [6, 6.07) is 15.5. The summed E-state index contributed by atoms with van der Waals surface area (Å²) in [4.78, 5) is 14.3. The lowest BCUT2D eigenvalue weighted by Gasteiger charge is -2.12. The molecule has 2 nitrogen and oxygen atoms in total. The zero-order valence-corrected chi connectivity index (χ0v) is 11.7. The highest BCUT2D eigenvalue weighted by Crippen LogP contribution is 2.16. The molecule has 0 aliphatic heterocycles. The van der Waals surface area contributed by atoms with E-state index in [1.807, 2.05) is 67.5 Å². The Kier molecular flexibility index (Phi) is 4.00. The average molecular weight is 253 g/mol. The smallest absolute Gasteiger partial charge is 0.193 e. The van der Waals surface area contributed by atoms with Crippen molar-refractivity contribution in [3.8, 4) is 0 Å². The Bertz CT molecular complexity index is 553. The molecule has 19 heavy (non-hydrogen) atoms. The van der Waals surface area contributed by atoms with Gasteiger partial charge in [0.1, 0.15) is 0 Å². The molecule has 2 aromatic carbocycles. The van der Waals surface area contributed by atoms with Crippen LogP contribution in [-0.4, -0.2) is 19.9 Å². The number of nitrogens with zero attached hydrogens (tertiary/aromatic N) is 1. The van der Waals surface area contributed by atoms with Gasteiger partial charge in [-0.15, -0.1) is 0 Å². The van der Waals surface area contributed by atoms with Crippen molar-refractivity contribution in [3.05, 3.63) is 65.2 Å². The molecule has 2 rings (SSSR count). The van der Waals surface area contributed by atoms with Crippen LogP contribution < -0.4 is 4.90 Å². The van der Waals surface area contributed by atoms with Crippen molar-refractivity contribution < 1.29 is 4.79 Å². The van der Waals surface area contributed by atoms with Crippen molar-refractivity contribution in [2.75, 3.05) is 19.0 Å². The molecular weight excluding hydrogens is 234 g/mol. The molecule has 98 valence electrons. The normalized spacial score (nSPS) is 10.3. The van der Waals surface area contributed by atoms with E-state index in [0.717, 1.165) is 23.2 Å². The minimum Gasteiger partial charge on any atom is -0.378 e. The minimum absolute atomic E-state index is 0.0768. The molecule has 0 aliphatic carbocycles. The van der Waals surface area contributed by atoms with Crippen LogP contribution >= 0.6 is 0 Å². The Morgan fingerprint density at radius 2 is 1.37 bits per heavy atom. The fourth-order valence-electron chi connectivity index (χ4n) is 1.97. The first-order valence-electron chi connectivity index (χ1n) is 6.53. The van der Waals surface area contributed by atoms with Gasteiger partial charge in [0.15, 0.2) is 5.78 Å². The van der Waals surface area contributed by atoms with Crippen LogP contribution in [-0.2, 0) is 6.42 Å². The molecule has 2 heteroatoms. The highest BCUT2D eigenvalue weighted by atomic mass is 16.1. The summed E-state index contributed by atoms with van der Waals surface area (Å²) in [5.41, 5.74) is 3.82. The molecule has 0 N–H and O–H groups in total. The second-order valence-corrected chi connectivity index (χ2v) is 4.82. The lowest BCUT2D eigenvalue weighted by molar-refractivity contribution is 0.103. The van der Waals surface area contributed by atoms with Gasteiger partial charge in [-0.05, 0) is 36.2 Å². The van der Waals surface area contributed by atoms with Gasteiger partial charge >= 0.3 is 0 Å². The van der Waals surface area contributed by atoms with Crippen molar-refractivity contribution in [1.29, 1.82) is 0 Å². The van der Waals surface area contributed by atoms with Crippen LogP contribution in [0.3, 0.4) is 0 Å². The van der Waals surface area contributed by atoms with Gasteiger partial charge in [0.25, 0.3) is 0 Å². The van der Waals surface area contributed by atoms with Crippen LogP contribution in [0.5, 0.6) is 0 Å². The van der Waals surface area contributed by atoms with E-state index in [1.165, 1.54) is 5.56 Å². The number of carbonyl (C=O) groups is 1. The molecule has 0 saturated carbocycles. The van der Waals surface area contributed by atoms with Crippen LogP contribution in [0.2, 0.25) is 0 Å². The van der Waals surface area contributed by atoms with Crippen LogP contribution in [0.15, 0.2) is 48.5 Å². The summed E-state index contributed by atoms with van der Waals surface area (Å²) < 4.78 is 0. The second kappa shape index (κ2) is 5.70. The molecule has 0 heterocycles. The van der Waals surface area contributed by atoms with Gasteiger partial charge in [-0.3, -0.25) is 4.79 Å². The van der Waals surface area contributed by atoms with Crippen molar-refractivity contribution >= 4 is 11.5 Å². The van der Waals surface area contributed by atoms with Crippen molar-refractivity contribution in [1.82, 2.24) is 0 Å². The standard InChI is InChI=1S/C17H19NO/c1-4-13-5-7-14(8-6-13)17(19)15-9-11-16(12-10-15)18(2)3/h5-12H,4H2,1-3H3. The van der Waals surface area contributed by atoms with Gasteiger partial charge in [-0.2, -0.15) is 0 Å². The van der Waals surface area contributed by atoms with E-state index in [0.29, 0.717) is 0 Å². The zero-order valence-electron chi connectivity index (χ0n) is 11.7. The number of hydrogen-bond acceptors (Lipinski definition) is 2. The van der Waals surface area contributed by atoms with Gasteiger partial charge in [-0.1, -0.05) is 31.2 Å². The maximum Gasteiger partial charge on any atom is 0.193 e. The molecule has 0 amide bonds. The average Bonchev–Trinajstić information content (AvgIpc) is 2.46. The summed E-state index contributed by atoms with van der Waals surface area (Å²) in [6.07, 6.45) is 0.992. The first kappa shape index (κ1) is 13.3. The number of aryl methyl sites for hydroxylation is 1. The molecule has 0 unspecified atom stereocenters. The summed E-state index contributed by atoms with van der Waals surface area (Å²) in [7, 11) is 3.97. The first-order chi connectivity index (χ1) is 9.11. The van der Waals surface area contributed by atoms with Gasteiger partial charge in [-0.25, -0.2) is 0 Å². The van der Waals surface area contributed by atoms with E-state index >= 15 is 0 Å². The van der Waals surface area contributed by atoms with E-state index in [1.54, 1.807) is 0 Å². The van der Waals surface area contributed by atoms with E-state index in [9.17, 15) is 4.79 Å². The van der Waals surface area contributed by atoms with Gasteiger partial charge in [0.2, 0.25) is 0 Å². The molecular formula is C17H19NO.